The van der Waals surface area contributed by atoms with Crippen LogP contribution < -0.4 is 0 Å². The minimum absolute atomic E-state index is 0.274. The van der Waals surface area contributed by atoms with Crippen LogP contribution in [0.15, 0.2) is 22.7 Å². The number of aryl methyl sites for hydroxylation is 1. The zero-order chi connectivity index (χ0) is 14.3. The normalized spacial score (nSPS) is 20.2. The Morgan fingerprint density at radius 2 is 1.95 bits per heavy atom. The second kappa shape index (κ2) is 5.34. The van der Waals surface area contributed by atoms with Gasteiger partial charge in [-0.1, -0.05) is 42.8 Å². The maximum Gasteiger partial charge on any atom is 0.192 e. The van der Waals surface area contributed by atoms with Gasteiger partial charge in [0.05, 0.1) is 6.10 Å². The van der Waals surface area contributed by atoms with Gasteiger partial charge in [0.15, 0.2) is 8.32 Å². The number of halogens is 1. The molecule has 2 rings (SSSR count). The van der Waals surface area contributed by atoms with Crippen LogP contribution in [0.3, 0.4) is 0 Å². The second-order valence-electron chi connectivity index (χ2n) is 7.10. The van der Waals surface area contributed by atoms with Gasteiger partial charge in [-0.05, 0) is 60.7 Å². The van der Waals surface area contributed by atoms with E-state index < -0.39 is 8.32 Å². The molecule has 0 amide bonds. The summed E-state index contributed by atoms with van der Waals surface area (Å²) in [5.74, 6) is 0. The summed E-state index contributed by atoms with van der Waals surface area (Å²) in [6, 6.07) is 6.65. The molecule has 1 aliphatic carbocycles. The molecule has 19 heavy (non-hydrogen) atoms. The van der Waals surface area contributed by atoms with Crippen LogP contribution in [0.5, 0.6) is 0 Å². The lowest BCUT2D eigenvalue weighted by Crippen LogP contribution is -2.42. The van der Waals surface area contributed by atoms with Gasteiger partial charge in [-0.2, -0.15) is 0 Å². The van der Waals surface area contributed by atoms with Crippen LogP contribution in [0.25, 0.3) is 0 Å². The zero-order valence-electron chi connectivity index (χ0n) is 12.7. The van der Waals surface area contributed by atoms with Crippen molar-refractivity contribution >= 4 is 24.2 Å². The molecule has 0 spiro atoms. The number of fused-ring (bicyclic) bond motifs is 1. The third-order valence-corrected chi connectivity index (χ3v) is 9.59. The lowest BCUT2D eigenvalue weighted by atomic mass is 9.90. The Morgan fingerprint density at radius 1 is 1.26 bits per heavy atom. The van der Waals surface area contributed by atoms with E-state index in [1.807, 2.05) is 0 Å². The van der Waals surface area contributed by atoms with E-state index in [0.717, 1.165) is 10.9 Å². The molecule has 0 fully saturated rings. The van der Waals surface area contributed by atoms with Crippen molar-refractivity contribution in [2.45, 2.75) is 64.3 Å². The predicted molar refractivity (Wildman–Crippen MR) is 88.1 cm³/mol. The van der Waals surface area contributed by atoms with E-state index in [-0.39, 0.29) is 5.04 Å². The van der Waals surface area contributed by atoms with Gasteiger partial charge >= 0.3 is 0 Å². The third-order valence-electron chi connectivity index (χ3n) is 4.61. The van der Waals surface area contributed by atoms with Crippen molar-refractivity contribution in [2.75, 3.05) is 0 Å². The van der Waals surface area contributed by atoms with Crippen LogP contribution in [0.4, 0.5) is 0 Å². The number of rotatable bonds is 2. The smallest absolute Gasteiger partial charge is 0.192 e. The molecule has 3 heteroatoms. The molecule has 1 aromatic carbocycles. The van der Waals surface area contributed by atoms with E-state index in [1.54, 1.807) is 0 Å². The molecule has 1 atom stereocenters. The van der Waals surface area contributed by atoms with Crippen molar-refractivity contribution in [3.63, 3.8) is 0 Å². The van der Waals surface area contributed by atoms with Crippen molar-refractivity contribution < 1.29 is 4.43 Å². The summed E-state index contributed by atoms with van der Waals surface area (Å²) in [5, 5.41) is 0.274. The molecule has 0 heterocycles. The topological polar surface area (TPSA) is 9.23 Å². The highest BCUT2D eigenvalue weighted by Crippen LogP contribution is 2.43. The quantitative estimate of drug-likeness (QED) is 0.613. The van der Waals surface area contributed by atoms with Gasteiger partial charge in [-0.15, -0.1) is 0 Å². The van der Waals surface area contributed by atoms with E-state index in [4.69, 9.17) is 4.43 Å². The first kappa shape index (κ1) is 15.3. The fourth-order valence-corrected chi connectivity index (χ4v) is 4.07. The minimum atomic E-state index is -1.69. The molecular weight excluding hydrogens is 316 g/mol. The Balaban J connectivity index is 2.27. The first-order valence-electron chi connectivity index (χ1n) is 7.17. The largest absolute Gasteiger partial charge is 0.410 e. The van der Waals surface area contributed by atoms with E-state index in [9.17, 15) is 0 Å². The van der Waals surface area contributed by atoms with Crippen molar-refractivity contribution in [3.8, 4) is 0 Å². The fourth-order valence-electron chi connectivity index (χ4n) is 2.38. The summed E-state index contributed by atoms with van der Waals surface area (Å²) in [6.45, 7) is 11.6. The molecule has 106 valence electrons. The van der Waals surface area contributed by atoms with Crippen LogP contribution in [-0.4, -0.2) is 8.32 Å². The van der Waals surface area contributed by atoms with Crippen LogP contribution >= 0.6 is 15.9 Å². The summed E-state index contributed by atoms with van der Waals surface area (Å²) in [7, 11) is -1.69. The lowest BCUT2D eigenvalue weighted by molar-refractivity contribution is 0.163. The van der Waals surface area contributed by atoms with Gasteiger partial charge in [0.1, 0.15) is 0 Å². The highest BCUT2D eigenvalue weighted by molar-refractivity contribution is 9.10. The number of hydrogen-bond acceptors (Lipinski definition) is 1. The lowest BCUT2D eigenvalue weighted by Gasteiger charge is -2.41. The molecule has 0 saturated carbocycles. The van der Waals surface area contributed by atoms with Crippen LogP contribution in [0.2, 0.25) is 18.1 Å². The van der Waals surface area contributed by atoms with Crippen LogP contribution in [0, 0.1) is 0 Å². The molecule has 0 aliphatic heterocycles. The SMILES string of the molecule is CC(C)(C)[Si](C)(C)OC1CCCc2ccc(Br)cc21. The van der Waals surface area contributed by atoms with Crippen molar-refractivity contribution in [1.29, 1.82) is 0 Å². The number of benzene rings is 1. The Labute approximate surface area is 127 Å². The molecular formula is C16H25BrOSi. The van der Waals surface area contributed by atoms with Crippen molar-refractivity contribution in [1.82, 2.24) is 0 Å². The Morgan fingerprint density at radius 3 is 2.58 bits per heavy atom. The summed E-state index contributed by atoms with van der Waals surface area (Å²) >= 11 is 3.59. The highest BCUT2D eigenvalue weighted by Gasteiger charge is 2.40. The molecule has 0 radical (unpaired) electrons. The first-order chi connectivity index (χ1) is 8.71. The molecule has 1 aliphatic rings. The Kier molecular flexibility index (Phi) is 4.29. The van der Waals surface area contributed by atoms with Gasteiger partial charge < -0.3 is 4.43 Å². The zero-order valence-corrected chi connectivity index (χ0v) is 15.3. The standard InChI is InChI=1S/C16H25BrOSi/c1-16(2,3)19(4,5)18-15-8-6-7-12-9-10-13(17)11-14(12)15/h9-11,15H,6-8H2,1-5H3. The summed E-state index contributed by atoms with van der Waals surface area (Å²) in [5.41, 5.74) is 2.88. The summed E-state index contributed by atoms with van der Waals surface area (Å²) in [6.07, 6.45) is 3.89. The van der Waals surface area contributed by atoms with E-state index >= 15 is 0 Å². The molecule has 0 saturated heterocycles. The van der Waals surface area contributed by atoms with Gasteiger partial charge in [-0.25, -0.2) is 0 Å². The molecule has 0 aromatic heterocycles. The predicted octanol–water partition coefficient (Wildman–Crippen LogP) is 5.85. The van der Waals surface area contributed by atoms with Gasteiger partial charge in [0, 0.05) is 4.47 Å². The molecule has 0 N–H and O–H groups in total. The average Bonchev–Trinajstić information content (AvgIpc) is 2.28. The molecule has 1 nitrogen and oxygen atoms in total. The van der Waals surface area contributed by atoms with Gasteiger partial charge in [0.25, 0.3) is 0 Å². The van der Waals surface area contributed by atoms with Gasteiger partial charge in [-0.3, -0.25) is 0 Å². The maximum absolute atomic E-state index is 6.64. The Hall–Kier alpha value is -0.123. The van der Waals surface area contributed by atoms with E-state index in [0.29, 0.717) is 6.10 Å². The molecule has 1 unspecified atom stereocenters. The monoisotopic (exact) mass is 340 g/mol. The first-order valence-corrected chi connectivity index (χ1v) is 10.9. The third kappa shape index (κ3) is 3.31. The van der Waals surface area contributed by atoms with Crippen molar-refractivity contribution in [2.24, 2.45) is 0 Å². The fraction of sp³-hybridized carbons (Fsp3) is 0.625. The van der Waals surface area contributed by atoms with Crippen LogP contribution in [-0.2, 0) is 10.8 Å². The van der Waals surface area contributed by atoms with Crippen molar-refractivity contribution in [3.05, 3.63) is 33.8 Å². The summed E-state index contributed by atoms with van der Waals surface area (Å²) in [4.78, 5) is 0. The summed E-state index contributed by atoms with van der Waals surface area (Å²) < 4.78 is 7.81. The van der Waals surface area contributed by atoms with E-state index in [1.165, 1.54) is 24.0 Å². The van der Waals surface area contributed by atoms with Gasteiger partial charge in [0.2, 0.25) is 0 Å². The maximum atomic E-state index is 6.64. The second-order valence-corrected chi connectivity index (χ2v) is 12.8. The van der Waals surface area contributed by atoms with E-state index in [2.05, 4.69) is 68.0 Å². The van der Waals surface area contributed by atoms with Crippen LogP contribution in [0.1, 0.15) is 50.8 Å². The average molecular weight is 341 g/mol. The number of hydrogen-bond donors (Lipinski definition) is 0. The molecule has 1 aromatic rings. The molecule has 0 bridgehead atoms. The highest BCUT2D eigenvalue weighted by atomic mass is 79.9. The minimum Gasteiger partial charge on any atom is -0.410 e. The Bertz CT molecular complexity index is 462.